The molecule has 3 rings (SSSR count). The third kappa shape index (κ3) is 11.3. The predicted molar refractivity (Wildman–Crippen MR) is 163 cm³/mol. The number of halogens is 1. The first kappa shape index (κ1) is 35.1. The van der Waals surface area contributed by atoms with E-state index in [1.807, 2.05) is 42.5 Å². The summed E-state index contributed by atoms with van der Waals surface area (Å²) in [4.78, 5) is 75.6. The number of rotatable bonds is 18. The van der Waals surface area contributed by atoms with Gasteiger partial charge in [0.1, 0.15) is 12.1 Å². The smallest absolute Gasteiger partial charge is 0.326 e. The van der Waals surface area contributed by atoms with Crippen LogP contribution in [0.3, 0.4) is 0 Å². The molecule has 0 radical (unpaired) electrons. The third-order valence-electron chi connectivity index (χ3n) is 7.22. The second kappa shape index (κ2) is 17.2. The van der Waals surface area contributed by atoms with Crippen molar-refractivity contribution in [2.75, 3.05) is 6.54 Å². The minimum absolute atomic E-state index is 0.0396. The lowest BCUT2D eigenvalue weighted by Gasteiger charge is -2.19. The molecular weight excluding hydrogens is 603 g/mol. The zero-order chi connectivity index (χ0) is 33.6. The monoisotopic (exact) mass is 638 g/mol. The van der Waals surface area contributed by atoms with Gasteiger partial charge in [0.15, 0.2) is 5.78 Å². The number of benzene rings is 2. The molecule has 3 atom stereocenters. The molecule has 6 N–H and O–H groups in total. The summed E-state index contributed by atoms with van der Waals surface area (Å²) in [6, 6.07) is 11.9. The van der Waals surface area contributed by atoms with E-state index >= 15 is 0 Å². The number of carboxylic acids is 3. The number of hydrogen-bond donors (Lipinski definition) is 6. The van der Waals surface area contributed by atoms with E-state index in [4.69, 9.17) is 5.11 Å². The molecule has 3 unspecified atom stereocenters. The fraction of sp³-hybridized carbons (Fsp3) is 0.344. The summed E-state index contributed by atoms with van der Waals surface area (Å²) < 4.78 is 13.3. The number of unbranched alkanes of at least 4 members (excludes halogenated alkanes) is 1. The molecule has 0 saturated heterocycles. The van der Waals surface area contributed by atoms with Crippen molar-refractivity contribution in [1.29, 1.82) is 0 Å². The second-order valence-electron chi connectivity index (χ2n) is 10.7. The van der Waals surface area contributed by atoms with E-state index in [-0.39, 0.29) is 50.0 Å². The van der Waals surface area contributed by atoms with Gasteiger partial charge in [-0.15, -0.1) is 0 Å². The zero-order valence-corrected chi connectivity index (χ0v) is 24.8. The van der Waals surface area contributed by atoms with Crippen molar-refractivity contribution in [3.05, 3.63) is 77.9 Å². The van der Waals surface area contributed by atoms with Gasteiger partial charge in [-0.2, -0.15) is 4.39 Å². The number of aliphatic carboxylic acids is 3. The Balaban J connectivity index is 1.56. The van der Waals surface area contributed by atoms with Gasteiger partial charge in [0, 0.05) is 37.1 Å². The van der Waals surface area contributed by atoms with Gasteiger partial charge in [-0.25, -0.2) is 19.4 Å². The van der Waals surface area contributed by atoms with Gasteiger partial charge in [0.2, 0.25) is 11.9 Å². The van der Waals surface area contributed by atoms with Crippen molar-refractivity contribution in [1.82, 2.24) is 20.9 Å². The van der Waals surface area contributed by atoms with Crippen molar-refractivity contribution in [3.63, 3.8) is 0 Å². The number of carboxylic acid groups (broad SMARTS) is 3. The van der Waals surface area contributed by atoms with Crippen molar-refractivity contribution in [3.8, 4) is 0 Å². The van der Waals surface area contributed by atoms with E-state index in [1.165, 1.54) is 6.07 Å². The standard InChI is InChI=1S/C32H35FN4O9/c33-27-12-10-22(18-35-27)26(38)17-23(16-19-8-9-20-5-1-2-6-21(20)15-19)29(41)34-14-4-3-7-24(30(42)43)36-32(46)37-25(31(44)45)11-13-28(39)40/h1-2,5-6,8-10,12,15,18,23-25H,3-4,7,11,13-14,16-17H2,(H,34,41)(H,39,40)(H,42,43)(H,44,45)(H2,36,37,46). The van der Waals surface area contributed by atoms with Crippen LogP contribution in [0.5, 0.6) is 0 Å². The fourth-order valence-corrected chi connectivity index (χ4v) is 4.76. The van der Waals surface area contributed by atoms with Crippen molar-refractivity contribution < 1.29 is 48.5 Å². The Bertz CT molecular complexity index is 1560. The number of pyridine rings is 1. The summed E-state index contributed by atoms with van der Waals surface area (Å²) in [5.41, 5.74) is 1.01. The number of ketones is 1. The molecule has 2 aromatic carbocycles. The van der Waals surface area contributed by atoms with Gasteiger partial charge in [0.05, 0.1) is 0 Å². The Morgan fingerprint density at radius 3 is 2.11 bits per heavy atom. The number of aromatic nitrogens is 1. The molecule has 1 heterocycles. The van der Waals surface area contributed by atoms with Crippen molar-refractivity contribution >= 4 is 46.4 Å². The molecule has 0 aliphatic carbocycles. The van der Waals surface area contributed by atoms with Gasteiger partial charge in [-0.3, -0.25) is 14.4 Å². The molecule has 46 heavy (non-hydrogen) atoms. The first-order chi connectivity index (χ1) is 21.9. The highest BCUT2D eigenvalue weighted by Gasteiger charge is 2.26. The highest BCUT2D eigenvalue weighted by Crippen LogP contribution is 2.21. The van der Waals surface area contributed by atoms with Gasteiger partial charge >= 0.3 is 23.9 Å². The maximum Gasteiger partial charge on any atom is 0.326 e. The van der Waals surface area contributed by atoms with E-state index in [1.54, 1.807) is 0 Å². The molecule has 3 aromatic rings. The quantitative estimate of drug-likeness (QED) is 0.0680. The summed E-state index contributed by atoms with van der Waals surface area (Å²) in [5.74, 6) is -6.35. The number of hydrogen-bond acceptors (Lipinski definition) is 7. The number of fused-ring (bicyclic) bond motifs is 1. The van der Waals surface area contributed by atoms with Crippen LogP contribution in [-0.4, -0.2) is 74.6 Å². The fourth-order valence-electron chi connectivity index (χ4n) is 4.76. The van der Waals surface area contributed by atoms with Crippen LogP contribution in [0.2, 0.25) is 0 Å². The normalized spacial score (nSPS) is 12.8. The largest absolute Gasteiger partial charge is 0.481 e. The number of Topliss-reactive ketones (excluding diaryl/α,β-unsaturated/α-hetero) is 1. The molecule has 0 spiro atoms. The topological polar surface area (TPSA) is 212 Å². The Morgan fingerprint density at radius 2 is 1.48 bits per heavy atom. The zero-order valence-electron chi connectivity index (χ0n) is 24.8. The van der Waals surface area contributed by atoms with E-state index < -0.39 is 60.2 Å². The first-order valence-corrected chi connectivity index (χ1v) is 14.6. The molecule has 3 amide bonds. The maximum absolute atomic E-state index is 13.3. The van der Waals surface area contributed by atoms with E-state index in [0.717, 1.165) is 28.6 Å². The maximum atomic E-state index is 13.3. The Kier molecular flexibility index (Phi) is 13.1. The van der Waals surface area contributed by atoms with Crippen LogP contribution < -0.4 is 16.0 Å². The number of urea groups is 1. The van der Waals surface area contributed by atoms with Crippen LogP contribution in [0, 0.1) is 11.9 Å². The number of carbonyl (C=O) groups excluding carboxylic acids is 3. The van der Waals surface area contributed by atoms with Crippen molar-refractivity contribution in [2.24, 2.45) is 5.92 Å². The highest BCUT2D eigenvalue weighted by molar-refractivity contribution is 5.98. The van der Waals surface area contributed by atoms with Gasteiger partial charge in [-0.05, 0) is 60.6 Å². The SMILES string of the molecule is O=C(O)CCC(NC(=O)NC(CCCCNC(=O)C(CC(=O)c1ccc(F)nc1)Cc1ccc2ccccc2c1)C(=O)O)C(=O)O. The summed E-state index contributed by atoms with van der Waals surface area (Å²) in [7, 11) is 0. The summed E-state index contributed by atoms with van der Waals surface area (Å²) >= 11 is 0. The first-order valence-electron chi connectivity index (χ1n) is 14.6. The number of nitrogens with zero attached hydrogens (tertiary/aromatic N) is 1. The second-order valence-corrected chi connectivity index (χ2v) is 10.7. The van der Waals surface area contributed by atoms with E-state index in [0.29, 0.717) is 6.42 Å². The van der Waals surface area contributed by atoms with Crippen molar-refractivity contribution in [2.45, 2.75) is 57.0 Å². The van der Waals surface area contributed by atoms with Crippen LogP contribution in [-0.2, 0) is 25.6 Å². The lowest BCUT2D eigenvalue weighted by Crippen LogP contribution is -2.51. The summed E-state index contributed by atoms with van der Waals surface area (Å²) in [6.07, 6.45) is 0.866. The average molecular weight is 639 g/mol. The highest BCUT2D eigenvalue weighted by atomic mass is 19.1. The molecule has 0 fully saturated rings. The van der Waals surface area contributed by atoms with E-state index in [2.05, 4.69) is 20.9 Å². The molecule has 14 heteroatoms. The number of amides is 3. The third-order valence-corrected chi connectivity index (χ3v) is 7.22. The molecule has 0 aliphatic heterocycles. The Labute approximate surface area is 263 Å². The van der Waals surface area contributed by atoms with Crippen LogP contribution in [0.4, 0.5) is 9.18 Å². The van der Waals surface area contributed by atoms with Gasteiger partial charge in [0.25, 0.3) is 0 Å². The molecular formula is C32H35FN4O9. The molecule has 13 nitrogen and oxygen atoms in total. The van der Waals surface area contributed by atoms with E-state index in [9.17, 15) is 43.4 Å². The Hall–Kier alpha value is -5.40. The number of nitrogens with one attached hydrogen (secondary N) is 3. The van der Waals surface area contributed by atoms with Gasteiger partial charge in [-0.1, -0.05) is 42.5 Å². The minimum atomic E-state index is -1.52. The van der Waals surface area contributed by atoms with Crippen LogP contribution in [0.25, 0.3) is 10.8 Å². The Morgan fingerprint density at radius 1 is 0.804 bits per heavy atom. The molecule has 0 aliphatic rings. The molecule has 0 saturated carbocycles. The average Bonchev–Trinajstić information content (AvgIpc) is 3.01. The predicted octanol–water partition coefficient (Wildman–Crippen LogP) is 3.16. The molecule has 244 valence electrons. The lowest BCUT2D eigenvalue weighted by atomic mass is 9.90. The lowest BCUT2D eigenvalue weighted by molar-refractivity contribution is -0.140. The van der Waals surface area contributed by atoms with Crippen LogP contribution in [0.1, 0.15) is 54.4 Å². The summed E-state index contributed by atoms with van der Waals surface area (Å²) in [5, 5.41) is 36.4. The van der Waals surface area contributed by atoms with Crippen LogP contribution in [0.15, 0.2) is 60.8 Å². The molecule has 1 aromatic heterocycles. The number of carbonyl (C=O) groups is 6. The van der Waals surface area contributed by atoms with Gasteiger partial charge < -0.3 is 31.3 Å². The minimum Gasteiger partial charge on any atom is -0.481 e. The molecule has 0 bridgehead atoms. The van der Waals surface area contributed by atoms with Crippen LogP contribution >= 0.6 is 0 Å². The summed E-state index contributed by atoms with van der Waals surface area (Å²) in [6.45, 7) is 0.147.